The number of guanidine groups is 1. The number of hydrogen-bond acceptors (Lipinski definition) is 5. The first-order valence-corrected chi connectivity index (χ1v) is 8.71. The molecule has 8 nitrogen and oxygen atoms in total. The molecule has 0 radical (unpaired) electrons. The van der Waals surface area contributed by atoms with Crippen LogP contribution in [0.5, 0.6) is 5.75 Å². The van der Waals surface area contributed by atoms with Crippen LogP contribution < -0.4 is 15.4 Å². The summed E-state index contributed by atoms with van der Waals surface area (Å²) in [6.45, 7) is 3.42. The molecule has 0 aliphatic rings. The van der Waals surface area contributed by atoms with E-state index in [2.05, 4.69) is 30.8 Å². The first-order valence-electron chi connectivity index (χ1n) is 8.71. The molecule has 2 aromatic heterocycles. The van der Waals surface area contributed by atoms with Gasteiger partial charge >= 0.3 is 0 Å². The van der Waals surface area contributed by atoms with Gasteiger partial charge in [-0.25, -0.2) is 18.8 Å². The van der Waals surface area contributed by atoms with E-state index in [1.807, 2.05) is 6.92 Å². The third-order valence-corrected chi connectivity index (χ3v) is 3.55. The lowest BCUT2D eigenvalue weighted by atomic mass is 10.3. The Hall–Kier alpha value is -3.43. The highest BCUT2D eigenvalue weighted by atomic mass is 19.1. The average Bonchev–Trinajstić information content (AvgIpc) is 3.36. The molecule has 3 rings (SSSR count). The van der Waals surface area contributed by atoms with Crippen LogP contribution in [0.25, 0.3) is 11.6 Å². The molecule has 0 amide bonds. The van der Waals surface area contributed by atoms with Crippen molar-refractivity contribution in [3.05, 3.63) is 54.1 Å². The van der Waals surface area contributed by atoms with E-state index in [1.54, 1.807) is 18.4 Å². The van der Waals surface area contributed by atoms with Crippen molar-refractivity contribution in [2.24, 2.45) is 4.99 Å². The summed E-state index contributed by atoms with van der Waals surface area (Å²) in [6.07, 6.45) is 1.55. The zero-order chi connectivity index (χ0) is 19.8. The van der Waals surface area contributed by atoms with Gasteiger partial charge in [0.25, 0.3) is 0 Å². The fourth-order valence-electron chi connectivity index (χ4n) is 2.30. The van der Waals surface area contributed by atoms with Crippen LogP contribution in [0.2, 0.25) is 0 Å². The van der Waals surface area contributed by atoms with Crippen molar-refractivity contribution in [3.63, 3.8) is 0 Å². The van der Waals surface area contributed by atoms with E-state index in [9.17, 15) is 8.78 Å². The molecular weight excluding hydrogens is 370 g/mol. The Morgan fingerprint density at radius 3 is 2.93 bits per heavy atom. The third kappa shape index (κ3) is 5.29. The van der Waals surface area contributed by atoms with Gasteiger partial charge in [0.05, 0.1) is 12.8 Å². The zero-order valence-electron chi connectivity index (χ0n) is 15.2. The van der Waals surface area contributed by atoms with Gasteiger partial charge in [-0.05, 0) is 31.2 Å². The van der Waals surface area contributed by atoms with Crippen LogP contribution in [0.4, 0.5) is 8.78 Å². The van der Waals surface area contributed by atoms with Gasteiger partial charge in [-0.3, -0.25) is 5.10 Å². The molecule has 0 atom stereocenters. The number of H-pyrrole nitrogens is 1. The van der Waals surface area contributed by atoms with Crippen molar-refractivity contribution in [1.82, 2.24) is 25.8 Å². The van der Waals surface area contributed by atoms with Crippen molar-refractivity contribution < 1.29 is 17.9 Å². The Morgan fingerprint density at radius 2 is 2.18 bits per heavy atom. The molecular formula is C18H20F2N6O2. The number of halogens is 2. The lowest BCUT2D eigenvalue weighted by molar-refractivity contribution is 0.304. The number of aromatic nitrogens is 3. The van der Waals surface area contributed by atoms with E-state index >= 15 is 0 Å². The Kier molecular flexibility index (Phi) is 6.55. The van der Waals surface area contributed by atoms with Gasteiger partial charge in [-0.2, -0.15) is 0 Å². The summed E-state index contributed by atoms with van der Waals surface area (Å²) in [6, 6.07) is 6.71. The number of hydrogen-bond donors (Lipinski definition) is 3. The second-order valence-electron chi connectivity index (χ2n) is 5.63. The molecule has 0 bridgehead atoms. The van der Waals surface area contributed by atoms with Crippen LogP contribution in [0.1, 0.15) is 12.7 Å². The lowest BCUT2D eigenvalue weighted by Gasteiger charge is -2.12. The monoisotopic (exact) mass is 390 g/mol. The summed E-state index contributed by atoms with van der Waals surface area (Å²) in [5.74, 6) is 0.766. The number of nitrogens with zero attached hydrogens (tertiary/aromatic N) is 3. The molecule has 0 unspecified atom stereocenters. The van der Waals surface area contributed by atoms with Gasteiger partial charge in [-0.1, -0.05) is 0 Å². The molecule has 0 saturated heterocycles. The highest BCUT2D eigenvalue weighted by Gasteiger charge is 2.08. The number of furan rings is 1. The zero-order valence-corrected chi connectivity index (χ0v) is 15.2. The number of ether oxygens (including phenoxy) is 1. The van der Waals surface area contributed by atoms with Crippen LogP contribution in [0.15, 0.2) is 46.0 Å². The van der Waals surface area contributed by atoms with E-state index in [1.165, 1.54) is 6.07 Å². The molecule has 0 aliphatic carbocycles. The van der Waals surface area contributed by atoms with Crippen molar-refractivity contribution in [3.8, 4) is 17.3 Å². The van der Waals surface area contributed by atoms with E-state index < -0.39 is 11.6 Å². The number of aliphatic imine (C=N–C) groups is 1. The molecule has 10 heteroatoms. The van der Waals surface area contributed by atoms with Gasteiger partial charge < -0.3 is 19.8 Å². The van der Waals surface area contributed by atoms with Gasteiger partial charge in [-0.15, -0.1) is 5.10 Å². The molecule has 3 N–H and O–H groups in total. The molecule has 28 heavy (non-hydrogen) atoms. The molecule has 1 aromatic carbocycles. The largest absolute Gasteiger partial charge is 0.489 e. The molecule has 3 aromatic rings. The van der Waals surface area contributed by atoms with Gasteiger partial charge in [0.2, 0.25) is 5.82 Å². The van der Waals surface area contributed by atoms with Gasteiger partial charge in [0, 0.05) is 12.6 Å². The van der Waals surface area contributed by atoms with Gasteiger partial charge in [0.15, 0.2) is 23.3 Å². The SMILES string of the molecule is CCNC(=NCc1nc(-c2ccco2)n[nH]1)NCCOc1ccc(F)cc1F. The highest BCUT2D eigenvalue weighted by Crippen LogP contribution is 2.17. The fourth-order valence-corrected chi connectivity index (χ4v) is 2.30. The first-order chi connectivity index (χ1) is 13.7. The van der Waals surface area contributed by atoms with Crippen molar-refractivity contribution in [2.45, 2.75) is 13.5 Å². The minimum Gasteiger partial charge on any atom is -0.489 e. The first kappa shape index (κ1) is 19.3. The van der Waals surface area contributed by atoms with Crippen LogP contribution in [0, 0.1) is 11.6 Å². The topological polar surface area (TPSA) is 100 Å². The number of benzene rings is 1. The van der Waals surface area contributed by atoms with Crippen LogP contribution >= 0.6 is 0 Å². The molecule has 0 saturated carbocycles. The Bertz CT molecular complexity index is 911. The predicted octanol–water partition coefficient (Wildman–Crippen LogP) is 2.48. The van der Waals surface area contributed by atoms with E-state index in [4.69, 9.17) is 9.15 Å². The predicted molar refractivity (Wildman–Crippen MR) is 98.8 cm³/mol. The van der Waals surface area contributed by atoms with Crippen molar-refractivity contribution in [1.29, 1.82) is 0 Å². The summed E-state index contributed by atoms with van der Waals surface area (Å²) in [5, 5.41) is 13.0. The second-order valence-corrected chi connectivity index (χ2v) is 5.63. The maximum atomic E-state index is 13.5. The fraction of sp³-hybridized carbons (Fsp3) is 0.278. The summed E-state index contributed by atoms with van der Waals surface area (Å²) < 4.78 is 37.0. The summed E-state index contributed by atoms with van der Waals surface area (Å²) >= 11 is 0. The number of aromatic amines is 1. The highest BCUT2D eigenvalue weighted by molar-refractivity contribution is 5.79. The minimum absolute atomic E-state index is 0.00254. The minimum atomic E-state index is -0.738. The van der Waals surface area contributed by atoms with Crippen LogP contribution in [-0.2, 0) is 6.54 Å². The second kappa shape index (κ2) is 9.49. The summed E-state index contributed by atoms with van der Waals surface area (Å²) in [7, 11) is 0. The standard InChI is InChI=1S/C18H20F2N6O2/c1-2-21-18(22-7-9-28-14-6-5-12(19)10-13(14)20)23-11-16-24-17(26-25-16)15-4-3-8-27-15/h3-6,8,10H,2,7,9,11H2,1H3,(H2,21,22,23)(H,24,25,26). The van der Waals surface area contributed by atoms with E-state index in [-0.39, 0.29) is 18.9 Å². The van der Waals surface area contributed by atoms with E-state index in [0.717, 1.165) is 12.1 Å². The molecule has 2 heterocycles. The number of nitrogens with one attached hydrogen (secondary N) is 3. The maximum absolute atomic E-state index is 13.5. The van der Waals surface area contributed by atoms with Crippen molar-refractivity contribution in [2.75, 3.05) is 19.7 Å². The summed E-state index contributed by atoms with van der Waals surface area (Å²) in [4.78, 5) is 8.72. The molecule has 148 valence electrons. The molecule has 0 aliphatic heterocycles. The van der Waals surface area contributed by atoms with Crippen molar-refractivity contribution >= 4 is 5.96 Å². The number of rotatable bonds is 8. The lowest BCUT2D eigenvalue weighted by Crippen LogP contribution is -2.39. The smallest absolute Gasteiger partial charge is 0.216 e. The van der Waals surface area contributed by atoms with Gasteiger partial charge in [0.1, 0.15) is 24.8 Å². The van der Waals surface area contributed by atoms with Crippen LogP contribution in [0.3, 0.4) is 0 Å². The summed E-state index contributed by atoms with van der Waals surface area (Å²) in [5.41, 5.74) is 0. The Morgan fingerprint density at radius 1 is 1.29 bits per heavy atom. The Labute approximate surface area is 160 Å². The van der Waals surface area contributed by atoms with E-state index in [0.29, 0.717) is 36.5 Å². The average molecular weight is 390 g/mol. The third-order valence-electron chi connectivity index (χ3n) is 3.55. The van der Waals surface area contributed by atoms with Crippen LogP contribution in [-0.4, -0.2) is 40.8 Å². The molecule has 0 spiro atoms. The Balaban J connectivity index is 1.50. The normalized spacial score (nSPS) is 11.5. The maximum Gasteiger partial charge on any atom is 0.216 e. The molecule has 0 fully saturated rings. The quantitative estimate of drug-likeness (QED) is 0.310.